The molecule has 72 valence electrons. The van der Waals surface area contributed by atoms with Crippen LogP contribution in [0.2, 0.25) is 0 Å². The summed E-state index contributed by atoms with van der Waals surface area (Å²) in [6.45, 7) is 0. The van der Waals surface area contributed by atoms with E-state index >= 15 is 0 Å². The van der Waals surface area contributed by atoms with Gasteiger partial charge in [0.25, 0.3) is 0 Å². The zero-order valence-corrected chi connectivity index (χ0v) is 8.57. The largest absolute Gasteiger partial charge is 0.493 e. The number of halogens is 1. The molecule has 0 saturated heterocycles. The van der Waals surface area contributed by atoms with Crippen molar-refractivity contribution in [1.82, 2.24) is 0 Å². The summed E-state index contributed by atoms with van der Waals surface area (Å²) < 4.78 is 23.1. The average molecular weight is 202 g/mol. The van der Waals surface area contributed by atoms with E-state index in [2.05, 4.69) is 0 Å². The van der Waals surface area contributed by atoms with E-state index in [1.54, 1.807) is 12.1 Å². The van der Waals surface area contributed by atoms with Crippen LogP contribution in [0.25, 0.3) is 0 Å². The zero-order valence-electron chi connectivity index (χ0n) is 7.76. The minimum absolute atomic E-state index is 0.212. The Hall–Kier alpha value is -0.900. The molecule has 0 amide bonds. The van der Waals surface area contributed by atoms with Crippen LogP contribution < -0.4 is 9.47 Å². The monoisotopic (exact) mass is 202 g/mol. The highest BCUT2D eigenvalue weighted by molar-refractivity contribution is 7.98. The maximum absolute atomic E-state index is 13.3. The third-order valence-electron chi connectivity index (χ3n) is 1.65. The summed E-state index contributed by atoms with van der Waals surface area (Å²) in [5, 5.41) is 0. The maximum atomic E-state index is 13.3. The number of rotatable bonds is 3. The van der Waals surface area contributed by atoms with Crippen LogP contribution in [0.15, 0.2) is 17.0 Å². The van der Waals surface area contributed by atoms with Crippen LogP contribution in [-0.4, -0.2) is 20.5 Å². The Balaban J connectivity index is 3.20. The molecule has 0 fully saturated rings. The fourth-order valence-electron chi connectivity index (χ4n) is 0.963. The molecule has 0 spiro atoms. The van der Waals surface area contributed by atoms with Crippen LogP contribution in [0.1, 0.15) is 0 Å². The van der Waals surface area contributed by atoms with Gasteiger partial charge in [0.05, 0.1) is 14.2 Å². The molecule has 0 N–H and O–H groups in total. The first kappa shape index (κ1) is 10.2. The van der Waals surface area contributed by atoms with E-state index in [9.17, 15) is 4.39 Å². The van der Waals surface area contributed by atoms with Gasteiger partial charge in [-0.3, -0.25) is 0 Å². The van der Waals surface area contributed by atoms with Crippen LogP contribution in [-0.2, 0) is 0 Å². The van der Waals surface area contributed by atoms with Crippen molar-refractivity contribution in [3.8, 4) is 11.5 Å². The molecule has 0 aliphatic rings. The zero-order chi connectivity index (χ0) is 9.84. The Labute approximate surface area is 81.0 Å². The van der Waals surface area contributed by atoms with Gasteiger partial charge in [-0.25, -0.2) is 0 Å². The lowest BCUT2D eigenvalue weighted by Gasteiger charge is -2.08. The summed E-state index contributed by atoms with van der Waals surface area (Å²) >= 11 is 1.51. The van der Waals surface area contributed by atoms with Crippen molar-refractivity contribution in [2.24, 2.45) is 0 Å². The maximum Gasteiger partial charge on any atom is 0.206 e. The van der Waals surface area contributed by atoms with E-state index in [1.165, 1.54) is 26.0 Å². The fourth-order valence-corrected chi connectivity index (χ4v) is 1.41. The van der Waals surface area contributed by atoms with E-state index in [-0.39, 0.29) is 11.5 Å². The number of hydrogen-bond acceptors (Lipinski definition) is 3. The Kier molecular flexibility index (Phi) is 3.42. The average Bonchev–Trinajstić information content (AvgIpc) is 2.18. The molecular formula is C9H11FO2S. The van der Waals surface area contributed by atoms with Crippen LogP contribution in [0.5, 0.6) is 11.5 Å². The second-order valence-corrected chi connectivity index (χ2v) is 3.23. The van der Waals surface area contributed by atoms with Crippen molar-refractivity contribution in [1.29, 1.82) is 0 Å². The van der Waals surface area contributed by atoms with Crippen molar-refractivity contribution in [3.63, 3.8) is 0 Å². The third-order valence-corrected chi connectivity index (χ3v) is 2.36. The number of thioether (sulfide) groups is 1. The fraction of sp³-hybridized carbons (Fsp3) is 0.333. The lowest BCUT2D eigenvalue weighted by Crippen LogP contribution is -1.93. The molecule has 0 saturated carbocycles. The summed E-state index contributed by atoms with van der Waals surface area (Å²) in [4.78, 5) is 0.912. The number of ether oxygens (including phenoxy) is 2. The lowest BCUT2D eigenvalue weighted by atomic mass is 10.3. The summed E-state index contributed by atoms with van der Waals surface area (Å²) in [5.41, 5.74) is 0. The molecule has 0 aliphatic carbocycles. The van der Waals surface area contributed by atoms with Gasteiger partial charge < -0.3 is 9.47 Å². The molecule has 4 heteroatoms. The van der Waals surface area contributed by atoms with Gasteiger partial charge in [-0.1, -0.05) is 0 Å². The minimum atomic E-state index is -0.456. The molecule has 0 aliphatic heterocycles. The summed E-state index contributed by atoms with van der Waals surface area (Å²) in [6, 6.07) is 3.28. The second-order valence-electron chi connectivity index (χ2n) is 2.35. The second kappa shape index (κ2) is 4.37. The standard InChI is InChI=1S/C9H11FO2S/c1-11-7-4-6(13-3)5-8(12-2)9(7)10/h4-5H,1-3H3. The number of benzene rings is 1. The van der Waals surface area contributed by atoms with E-state index in [0.717, 1.165) is 4.90 Å². The van der Waals surface area contributed by atoms with E-state index in [1.807, 2.05) is 6.26 Å². The highest BCUT2D eigenvalue weighted by Gasteiger charge is 2.11. The minimum Gasteiger partial charge on any atom is -0.493 e. The summed E-state index contributed by atoms with van der Waals surface area (Å²) in [6.07, 6.45) is 1.91. The highest BCUT2D eigenvalue weighted by Crippen LogP contribution is 2.31. The van der Waals surface area contributed by atoms with Gasteiger partial charge in [-0.05, 0) is 18.4 Å². The van der Waals surface area contributed by atoms with Crippen LogP contribution in [0.3, 0.4) is 0 Å². The van der Waals surface area contributed by atoms with Gasteiger partial charge in [0.2, 0.25) is 5.82 Å². The lowest BCUT2D eigenvalue weighted by molar-refractivity contribution is 0.348. The molecule has 13 heavy (non-hydrogen) atoms. The molecule has 1 aromatic rings. The van der Waals surface area contributed by atoms with Crippen LogP contribution in [0.4, 0.5) is 4.39 Å². The first-order valence-corrected chi connectivity index (χ1v) is 4.91. The molecule has 0 bridgehead atoms. The van der Waals surface area contributed by atoms with E-state index < -0.39 is 5.82 Å². The predicted octanol–water partition coefficient (Wildman–Crippen LogP) is 2.56. The molecule has 0 heterocycles. The van der Waals surface area contributed by atoms with Crippen molar-refractivity contribution < 1.29 is 13.9 Å². The third kappa shape index (κ3) is 2.06. The normalized spacial score (nSPS) is 9.85. The van der Waals surface area contributed by atoms with Gasteiger partial charge in [0.1, 0.15) is 0 Å². The van der Waals surface area contributed by atoms with Crippen molar-refractivity contribution in [2.75, 3.05) is 20.5 Å². The molecule has 0 unspecified atom stereocenters. The van der Waals surface area contributed by atoms with Crippen molar-refractivity contribution in [3.05, 3.63) is 17.9 Å². The molecule has 1 rings (SSSR count). The van der Waals surface area contributed by atoms with Gasteiger partial charge in [0.15, 0.2) is 11.5 Å². The Morgan fingerprint density at radius 3 is 1.92 bits per heavy atom. The molecule has 0 atom stereocenters. The first-order valence-electron chi connectivity index (χ1n) is 3.68. The van der Waals surface area contributed by atoms with Crippen molar-refractivity contribution in [2.45, 2.75) is 4.90 Å². The van der Waals surface area contributed by atoms with Gasteiger partial charge in [-0.15, -0.1) is 11.8 Å². The summed E-state index contributed by atoms with van der Waals surface area (Å²) in [5.74, 6) is -0.0322. The number of methoxy groups -OCH3 is 2. The topological polar surface area (TPSA) is 18.5 Å². The highest BCUT2D eigenvalue weighted by atomic mass is 32.2. The molecule has 0 aromatic heterocycles. The van der Waals surface area contributed by atoms with Crippen molar-refractivity contribution >= 4 is 11.8 Å². The number of hydrogen-bond donors (Lipinski definition) is 0. The smallest absolute Gasteiger partial charge is 0.206 e. The SMILES string of the molecule is COc1cc(SC)cc(OC)c1F. The molecule has 1 aromatic carbocycles. The molecule has 2 nitrogen and oxygen atoms in total. The Morgan fingerprint density at radius 2 is 1.62 bits per heavy atom. The predicted molar refractivity (Wildman–Crippen MR) is 51.3 cm³/mol. The Morgan fingerprint density at radius 1 is 1.15 bits per heavy atom. The molecular weight excluding hydrogens is 191 g/mol. The van der Waals surface area contributed by atoms with Crippen LogP contribution in [0, 0.1) is 5.82 Å². The first-order chi connectivity index (χ1) is 6.22. The Bertz CT molecular complexity index is 277. The van der Waals surface area contributed by atoms with E-state index in [4.69, 9.17) is 9.47 Å². The molecule has 0 radical (unpaired) electrons. The van der Waals surface area contributed by atoms with Gasteiger partial charge in [-0.2, -0.15) is 4.39 Å². The van der Waals surface area contributed by atoms with Gasteiger partial charge in [0, 0.05) is 4.90 Å². The quantitative estimate of drug-likeness (QED) is 0.702. The van der Waals surface area contributed by atoms with E-state index in [0.29, 0.717) is 0 Å². The summed E-state index contributed by atoms with van der Waals surface area (Å²) in [7, 11) is 2.86. The van der Waals surface area contributed by atoms with Gasteiger partial charge >= 0.3 is 0 Å². The van der Waals surface area contributed by atoms with Crippen LogP contribution >= 0.6 is 11.8 Å².